The number of Topliss-reactive ketones (excluding diaryl/α,β-unsaturated/α-hetero) is 1. The van der Waals surface area contributed by atoms with E-state index in [2.05, 4.69) is 4.74 Å². The number of carbonyl (C=O) groups excluding carboxylic acids is 1. The van der Waals surface area contributed by atoms with Gasteiger partial charge in [-0.05, 0) is 11.4 Å². The van der Waals surface area contributed by atoms with Crippen LogP contribution >= 0.6 is 11.3 Å². The van der Waals surface area contributed by atoms with E-state index in [1.807, 2.05) is 0 Å². The monoisotopic (exact) mass is 250 g/mol. The number of carbonyl (C=O) groups is 1. The highest BCUT2D eigenvalue weighted by atomic mass is 32.1. The summed E-state index contributed by atoms with van der Waals surface area (Å²) in [6.07, 6.45) is -2.41. The zero-order chi connectivity index (χ0) is 12.0. The van der Waals surface area contributed by atoms with Crippen molar-refractivity contribution in [2.45, 2.75) is 12.8 Å². The van der Waals surface area contributed by atoms with E-state index in [4.69, 9.17) is 4.74 Å². The van der Waals surface area contributed by atoms with Crippen LogP contribution in [0, 0.1) is 0 Å². The Morgan fingerprint density at radius 3 is 2.94 bits per heavy atom. The molecule has 1 rings (SSSR count). The molecule has 1 aromatic heterocycles. The maximum Gasteiger partial charge on any atom is 0.261 e. The molecule has 16 heavy (non-hydrogen) atoms. The first-order valence-electron chi connectivity index (χ1n) is 4.65. The normalized spacial score (nSPS) is 10.8. The van der Waals surface area contributed by atoms with Crippen LogP contribution in [-0.4, -0.2) is 32.5 Å². The molecule has 1 aromatic rings. The summed E-state index contributed by atoms with van der Waals surface area (Å²) in [6, 6.07) is 1.69. The first kappa shape index (κ1) is 13.1. The third kappa shape index (κ3) is 3.86. The molecule has 0 N–H and O–H groups in total. The number of halogens is 2. The fourth-order valence-electron chi connectivity index (χ4n) is 1.11. The quantitative estimate of drug-likeness (QED) is 0.551. The molecule has 6 heteroatoms. The van der Waals surface area contributed by atoms with E-state index in [1.54, 1.807) is 11.4 Å². The zero-order valence-corrected chi connectivity index (χ0v) is 9.56. The predicted molar refractivity (Wildman–Crippen MR) is 56.6 cm³/mol. The number of thiophene rings is 1. The Morgan fingerprint density at radius 1 is 1.56 bits per heavy atom. The molecule has 0 aliphatic carbocycles. The molecule has 0 amide bonds. The van der Waals surface area contributed by atoms with Gasteiger partial charge in [-0.1, -0.05) is 0 Å². The molecule has 0 aliphatic rings. The van der Waals surface area contributed by atoms with Crippen molar-refractivity contribution >= 4 is 17.1 Å². The van der Waals surface area contributed by atoms with Gasteiger partial charge >= 0.3 is 0 Å². The van der Waals surface area contributed by atoms with Gasteiger partial charge in [-0.2, -0.15) is 0 Å². The van der Waals surface area contributed by atoms with Crippen LogP contribution < -0.4 is 4.74 Å². The number of alkyl halides is 2. The Kier molecular flexibility index (Phi) is 5.34. The third-order valence-electron chi connectivity index (χ3n) is 1.82. The number of methoxy groups -OCH3 is 1. The Hall–Kier alpha value is -1.01. The van der Waals surface area contributed by atoms with Gasteiger partial charge < -0.3 is 9.47 Å². The summed E-state index contributed by atoms with van der Waals surface area (Å²) >= 11 is 1.27. The SMILES string of the molecule is COc1ccsc1C(=O)CCOCC(F)F. The zero-order valence-electron chi connectivity index (χ0n) is 8.74. The van der Waals surface area contributed by atoms with E-state index in [0.29, 0.717) is 10.6 Å². The smallest absolute Gasteiger partial charge is 0.261 e. The topological polar surface area (TPSA) is 35.5 Å². The van der Waals surface area contributed by atoms with Crippen LogP contribution in [0.15, 0.2) is 11.4 Å². The lowest BCUT2D eigenvalue weighted by molar-refractivity contribution is 0.0170. The van der Waals surface area contributed by atoms with Gasteiger partial charge in [0.15, 0.2) is 5.78 Å². The van der Waals surface area contributed by atoms with Gasteiger partial charge in [0.25, 0.3) is 6.43 Å². The second kappa shape index (κ2) is 6.55. The van der Waals surface area contributed by atoms with Crippen molar-refractivity contribution in [1.29, 1.82) is 0 Å². The van der Waals surface area contributed by atoms with Crippen LogP contribution in [0.2, 0.25) is 0 Å². The van der Waals surface area contributed by atoms with E-state index in [-0.39, 0.29) is 18.8 Å². The number of hydrogen-bond donors (Lipinski definition) is 0. The summed E-state index contributed by atoms with van der Waals surface area (Å²) in [6.45, 7) is -0.626. The summed E-state index contributed by atoms with van der Waals surface area (Å²) in [5, 5.41) is 1.74. The Bertz CT molecular complexity index is 339. The van der Waals surface area contributed by atoms with Crippen molar-refractivity contribution in [1.82, 2.24) is 0 Å². The number of ketones is 1. The number of ether oxygens (including phenoxy) is 2. The average Bonchev–Trinajstić information content (AvgIpc) is 2.71. The minimum atomic E-state index is -2.49. The van der Waals surface area contributed by atoms with Gasteiger partial charge in [0.2, 0.25) is 0 Å². The highest BCUT2D eigenvalue weighted by Crippen LogP contribution is 2.25. The summed E-state index contributed by atoms with van der Waals surface area (Å²) in [7, 11) is 1.48. The van der Waals surface area contributed by atoms with Gasteiger partial charge in [0, 0.05) is 6.42 Å². The molecular formula is C10H12F2O3S. The highest BCUT2D eigenvalue weighted by Gasteiger charge is 2.13. The lowest BCUT2D eigenvalue weighted by atomic mass is 10.2. The van der Waals surface area contributed by atoms with Crippen molar-refractivity contribution in [3.05, 3.63) is 16.3 Å². The van der Waals surface area contributed by atoms with Crippen LogP contribution in [0.4, 0.5) is 8.78 Å². The van der Waals surface area contributed by atoms with Crippen molar-refractivity contribution in [3.63, 3.8) is 0 Å². The summed E-state index contributed by atoms with van der Waals surface area (Å²) in [5.41, 5.74) is 0. The molecule has 0 aliphatic heterocycles. The van der Waals surface area contributed by atoms with Gasteiger partial charge in [-0.25, -0.2) is 8.78 Å². The summed E-state index contributed by atoms with van der Waals surface area (Å²) < 4.78 is 33.1. The van der Waals surface area contributed by atoms with Gasteiger partial charge in [-0.3, -0.25) is 4.79 Å². The maximum atomic E-state index is 11.7. The molecular weight excluding hydrogens is 238 g/mol. The van der Waals surface area contributed by atoms with E-state index in [1.165, 1.54) is 18.4 Å². The second-order valence-electron chi connectivity index (χ2n) is 2.96. The summed E-state index contributed by atoms with van der Waals surface area (Å²) in [4.78, 5) is 12.1. The van der Waals surface area contributed by atoms with Crippen LogP contribution in [0.25, 0.3) is 0 Å². The molecule has 0 atom stereocenters. The molecule has 3 nitrogen and oxygen atoms in total. The Labute approximate surface area is 96.0 Å². The molecule has 90 valence electrons. The van der Waals surface area contributed by atoms with Crippen LogP contribution in [0.3, 0.4) is 0 Å². The average molecular weight is 250 g/mol. The largest absolute Gasteiger partial charge is 0.495 e. The Balaban J connectivity index is 2.35. The molecule has 0 saturated heterocycles. The van der Waals surface area contributed by atoms with Gasteiger partial charge in [0.05, 0.1) is 13.7 Å². The Morgan fingerprint density at radius 2 is 2.31 bits per heavy atom. The second-order valence-corrected chi connectivity index (χ2v) is 3.87. The molecule has 1 heterocycles. The standard InChI is InChI=1S/C10H12F2O3S/c1-14-8-3-5-16-10(8)7(13)2-4-15-6-9(11)12/h3,5,9H,2,4,6H2,1H3. The first-order valence-corrected chi connectivity index (χ1v) is 5.53. The molecule has 0 bridgehead atoms. The molecule has 0 fully saturated rings. The van der Waals surface area contributed by atoms with Crippen LogP contribution in [0.5, 0.6) is 5.75 Å². The minimum absolute atomic E-state index is 0.00419. The molecule has 0 saturated carbocycles. The third-order valence-corrected chi connectivity index (χ3v) is 2.76. The molecule has 0 spiro atoms. The van der Waals surface area contributed by atoms with E-state index < -0.39 is 13.0 Å². The molecule has 0 unspecified atom stereocenters. The van der Waals surface area contributed by atoms with Crippen LogP contribution in [0.1, 0.15) is 16.1 Å². The fourth-order valence-corrected chi connectivity index (χ4v) is 1.94. The van der Waals surface area contributed by atoms with Crippen molar-refractivity contribution in [3.8, 4) is 5.75 Å². The van der Waals surface area contributed by atoms with E-state index in [0.717, 1.165) is 0 Å². The van der Waals surface area contributed by atoms with Crippen LogP contribution in [-0.2, 0) is 4.74 Å². The fraction of sp³-hybridized carbons (Fsp3) is 0.500. The number of rotatable bonds is 7. The maximum absolute atomic E-state index is 11.7. The van der Waals surface area contributed by atoms with Gasteiger partial charge in [0.1, 0.15) is 17.2 Å². The predicted octanol–water partition coefficient (Wildman–Crippen LogP) is 2.61. The van der Waals surface area contributed by atoms with E-state index >= 15 is 0 Å². The molecule has 0 aromatic carbocycles. The number of hydrogen-bond acceptors (Lipinski definition) is 4. The minimum Gasteiger partial charge on any atom is -0.495 e. The van der Waals surface area contributed by atoms with Crippen molar-refractivity contribution in [2.75, 3.05) is 20.3 Å². The lowest BCUT2D eigenvalue weighted by Gasteiger charge is -2.03. The van der Waals surface area contributed by atoms with E-state index in [9.17, 15) is 13.6 Å². The summed E-state index contributed by atoms with van der Waals surface area (Å²) in [5.74, 6) is 0.366. The van der Waals surface area contributed by atoms with Gasteiger partial charge in [-0.15, -0.1) is 11.3 Å². The highest BCUT2D eigenvalue weighted by molar-refractivity contribution is 7.12. The van der Waals surface area contributed by atoms with Crippen molar-refractivity contribution in [2.24, 2.45) is 0 Å². The first-order chi connectivity index (χ1) is 7.65. The molecule has 0 radical (unpaired) electrons. The van der Waals surface area contributed by atoms with Crippen molar-refractivity contribution < 1.29 is 23.0 Å². The lowest BCUT2D eigenvalue weighted by Crippen LogP contribution is -2.09.